The SMILES string of the molecule is CNC(CC(C)CC(C)(C)C)c1cc(F)c(F)cc1F. The Balaban J connectivity index is 2.89. The van der Waals surface area contributed by atoms with E-state index < -0.39 is 17.5 Å². The van der Waals surface area contributed by atoms with E-state index in [2.05, 4.69) is 33.0 Å². The highest BCUT2D eigenvalue weighted by Gasteiger charge is 2.22. The number of hydrogen-bond acceptors (Lipinski definition) is 1. The van der Waals surface area contributed by atoms with Crippen molar-refractivity contribution in [3.63, 3.8) is 0 Å². The van der Waals surface area contributed by atoms with Gasteiger partial charge in [0.05, 0.1) is 0 Å². The molecule has 0 aliphatic heterocycles. The molecule has 0 amide bonds. The van der Waals surface area contributed by atoms with Crippen LogP contribution >= 0.6 is 0 Å². The molecule has 1 aromatic carbocycles. The second-order valence-corrected chi connectivity index (χ2v) is 6.73. The predicted molar refractivity (Wildman–Crippen MR) is 76.0 cm³/mol. The molecule has 1 N–H and O–H groups in total. The maximum absolute atomic E-state index is 13.8. The molecule has 0 saturated heterocycles. The van der Waals surface area contributed by atoms with Crippen LogP contribution in [0.5, 0.6) is 0 Å². The molecule has 0 radical (unpaired) electrons. The van der Waals surface area contributed by atoms with Gasteiger partial charge >= 0.3 is 0 Å². The lowest BCUT2D eigenvalue weighted by atomic mass is 9.82. The molecular formula is C16H24F3N. The average Bonchev–Trinajstić information content (AvgIpc) is 2.29. The van der Waals surface area contributed by atoms with E-state index in [0.717, 1.165) is 12.5 Å². The molecule has 0 aromatic heterocycles. The number of nitrogens with one attached hydrogen (secondary N) is 1. The second-order valence-electron chi connectivity index (χ2n) is 6.73. The lowest BCUT2D eigenvalue weighted by Crippen LogP contribution is -2.22. The standard InChI is InChI=1S/C16H24F3N/c1-10(9-16(2,3)4)6-15(20-5)11-7-13(18)14(19)8-12(11)17/h7-8,10,15,20H,6,9H2,1-5H3. The lowest BCUT2D eigenvalue weighted by Gasteiger charge is -2.27. The van der Waals surface area contributed by atoms with Gasteiger partial charge in [-0.05, 0) is 37.3 Å². The molecule has 1 nitrogen and oxygen atoms in total. The summed E-state index contributed by atoms with van der Waals surface area (Å²) in [5.41, 5.74) is 0.372. The summed E-state index contributed by atoms with van der Waals surface area (Å²) < 4.78 is 40.1. The first-order valence-corrected chi connectivity index (χ1v) is 6.95. The molecule has 0 saturated carbocycles. The van der Waals surface area contributed by atoms with E-state index in [0.29, 0.717) is 18.4 Å². The third-order valence-electron chi connectivity index (χ3n) is 3.36. The number of hydrogen-bond donors (Lipinski definition) is 1. The Hall–Kier alpha value is -1.03. The molecule has 0 spiro atoms. The quantitative estimate of drug-likeness (QED) is 0.765. The zero-order chi connectivity index (χ0) is 15.5. The van der Waals surface area contributed by atoms with Crippen LogP contribution in [0.2, 0.25) is 0 Å². The highest BCUT2D eigenvalue weighted by molar-refractivity contribution is 5.23. The van der Waals surface area contributed by atoms with Crippen molar-refractivity contribution in [3.8, 4) is 0 Å². The van der Waals surface area contributed by atoms with E-state index in [1.165, 1.54) is 0 Å². The van der Waals surface area contributed by atoms with Gasteiger partial charge < -0.3 is 5.32 Å². The van der Waals surface area contributed by atoms with Crippen molar-refractivity contribution in [1.82, 2.24) is 5.32 Å². The van der Waals surface area contributed by atoms with Crippen molar-refractivity contribution in [3.05, 3.63) is 35.1 Å². The van der Waals surface area contributed by atoms with E-state index in [9.17, 15) is 13.2 Å². The summed E-state index contributed by atoms with van der Waals surface area (Å²) in [5, 5.41) is 2.99. The van der Waals surface area contributed by atoms with Gasteiger partial charge in [-0.1, -0.05) is 27.7 Å². The van der Waals surface area contributed by atoms with Gasteiger partial charge in [-0.3, -0.25) is 0 Å². The molecule has 2 unspecified atom stereocenters. The number of benzene rings is 1. The van der Waals surface area contributed by atoms with Gasteiger partial charge in [-0.25, -0.2) is 13.2 Å². The third-order valence-corrected chi connectivity index (χ3v) is 3.36. The molecule has 2 atom stereocenters. The summed E-state index contributed by atoms with van der Waals surface area (Å²) in [6.07, 6.45) is 1.66. The Labute approximate surface area is 119 Å². The van der Waals surface area contributed by atoms with Crippen molar-refractivity contribution in [1.29, 1.82) is 0 Å². The van der Waals surface area contributed by atoms with Crippen molar-refractivity contribution >= 4 is 0 Å². The zero-order valence-electron chi connectivity index (χ0n) is 12.9. The molecule has 20 heavy (non-hydrogen) atoms. The molecule has 1 rings (SSSR count). The first-order valence-electron chi connectivity index (χ1n) is 6.95. The second kappa shape index (κ2) is 6.61. The Bertz CT molecular complexity index is 452. The van der Waals surface area contributed by atoms with Crippen LogP contribution in [0.4, 0.5) is 13.2 Å². The molecule has 4 heteroatoms. The molecule has 1 aromatic rings. The van der Waals surface area contributed by atoms with Crippen molar-refractivity contribution in [2.45, 2.75) is 46.6 Å². The first kappa shape index (κ1) is 17.0. The van der Waals surface area contributed by atoms with Crippen LogP contribution in [0.15, 0.2) is 12.1 Å². The van der Waals surface area contributed by atoms with Crippen LogP contribution in [0, 0.1) is 28.8 Å². The van der Waals surface area contributed by atoms with Crippen LogP contribution in [0.3, 0.4) is 0 Å². The fraction of sp³-hybridized carbons (Fsp3) is 0.625. The van der Waals surface area contributed by atoms with Crippen LogP contribution < -0.4 is 5.32 Å². The predicted octanol–water partition coefficient (Wildman–Crippen LogP) is 4.83. The van der Waals surface area contributed by atoms with E-state index in [1.807, 2.05) is 0 Å². The molecule has 0 aliphatic carbocycles. The summed E-state index contributed by atoms with van der Waals surface area (Å²) in [6, 6.07) is 1.25. The fourth-order valence-corrected chi connectivity index (χ4v) is 2.74. The van der Waals surface area contributed by atoms with Crippen LogP contribution in [0.1, 0.15) is 52.1 Å². The summed E-state index contributed by atoms with van der Waals surface area (Å²) in [5.74, 6) is -2.51. The Kier molecular flexibility index (Phi) is 5.63. The van der Waals surface area contributed by atoms with Gasteiger partial charge in [-0.15, -0.1) is 0 Å². The summed E-state index contributed by atoms with van der Waals surface area (Å²) in [6.45, 7) is 8.54. The fourth-order valence-electron chi connectivity index (χ4n) is 2.74. The van der Waals surface area contributed by atoms with E-state index in [1.54, 1.807) is 7.05 Å². The van der Waals surface area contributed by atoms with Gasteiger partial charge in [0.1, 0.15) is 5.82 Å². The van der Waals surface area contributed by atoms with Crippen LogP contribution in [0.25, 0.3) is 0 Å². The minimum Gasteiger partial charge on any atom is -0.313 e. The topological polar surface area (TPSA) is 12.0 Å². The van der Waals surface area contributed by atoms with Gasteiger partial charge in [-0.2, -0.15) is 0 Å². The van der Waals surface area contributed by atoms with Crippen molar-refractivity contribution in [2.24, 2.45) is 11.3 Å². The van der Waals surface area contributed by atoms with Crippen molar-refractivity contribution in [2.75, 3.05) is 7.05 Å². The van der Waals surface area contributed by atoms with E-state index in [4.69, 9.17) is 0 Å². The largest absolute Gasteiger partial charge is 0.313 e. The number of halogens is 3. The summed E-state index contributed by atoms with van der Waals surface area (Å²) >= 11 is 0. The monoisotopic (exact) mass is 287 g/mol. The summed E-state index contributed by atoms with van der Waals surface area (Å²) in [7, 11) is 1.70. The summed E-state index contributed by atoms with van der Waals surface area (Å²) in [4.78, 5) is 0. The molecule has 0 fully saturated rings. The van der Waals surface area contributed by atoms with Gasteiger partial charge in [0, 0.05) is 17.7 Å². The first-order chi connectivity index (χ1) is 9.14. The van der Waals surface area contributed by atoms with Gasteiger partial charge in [0.25, 0.3) is 0 Å². The smallest absolute Gasteiger partial charge is 0.161 e. The molecule has 0 aliphatic rings. The average molecular weight is 287 g/mol. The third kappa shape index (κ3) is 4.82. The van der Waals surface area contributed by atoms with Gasteiger partial charge in [0.15, 0.2) is 11.6 Å². The highest BCUT2D eigenvalue weighted by atomic mass is 19.2. The van der Waals surface area contributed by atoms with E-state index in [-0.39, 0.29) is 17.0 Å². The van der Waals surface area contributed by atoms with E-state index >= 15 is 0 Å². The maximum Gasteiger partial charge on any atom is 0.161 e. The van der Waals surface area contributed by atoms with Crippen LogP contribution in [-0.2, 0) is 0 Å². The highest BCUT2D eigenvalue weighted by Crippen LogP contribution is 2.31. The van der Waals surface area contributed by atoms with Gasteiger partial charge in [0.2, 0.25) is 0 Å². The molecule has 0 heterocycles. The lowest BCUT2D eigenvalue weighted by molar-refractivity contribution is 0.277. The molecular weight excluding hydrogens is 263 g/mol. The normalized spacial score (nSPS) is 15.2. The zero-order valence-corrected chi connectivity index (χ0v) is 12.9. The Morgan fingerprint density at radius 1 is 1.05 bits per heavy atom. The molecule has 0 bridgehead atoms. The van der Waals surface area contributed by atoms with Crippen LogP contribution in [-0.4, -0.2) is 7.05 Å². The maximum atomic E-state index is 13.8. The van der Waals surface area contributed by atoms with Crippen molar-refractivity contribution < 1.29 is 13.2 Å². The minimum atomic E-state index is -1.15. The Morgan fingerprint density at radius 3 is 2.10 bits per heavy atom. The molecule has 114 valence electrons. The number of rotatable bonds is 5. The Morgan fingerprint density at radius 2 is 1.60 bits per heavy atom. The minimum absolute atomic E-state index is 0.185.